The fourth-order valence-electron chi connectivity index (χ4n) is 8.74. The lowest BCUT2D eigenvalue weighted by atomic mass is 9.78. The summed E-state index contributed by atoms with van der Waals surface area (Å²) in [4.78, 5) is 2.54. The molecule has 1 aromatic heterocycles. The van der Waals surface area contributed by atoms with Crippen LogP contribution in [0.3, 0.4) is 0 Å². The van der Waals surface area contributed by atoms with Crippen LogP contribution in [0.15, 0.2) is 175 Å². The van der Waals surface area contributed by atoms with Gasteiger partial charge in [0.15, 0.2) is 0 Å². The van der Waals surface area contributed by atoms with E-state index in [9.17, 15) is 0 Å². The molecule has 0 spiro atoms. The lowest BCUT2D eigenvalue weighted by Gasteiger charge is -2.34. The summed E-state index contributed by atoms with van der Waals surface area (Å²) >= 11 is 0. The summed E-state index contributed by atoms with van der Waals surface area (Å²) < 4.78 is 2.49. The molecular formula is C50H46N2. The fraction of sp³-hybridized carbons (Fsp3) is 0.200. The Hall–Kier alpha value is -5.60. The molecule has 52 heavy (non-hydrogen) atoms. The molecule has 4 atom stereocenters. The highest BCUT2D eigenvalue weighted by Gasteiger charge is 2.26. The van der Waals surface area contributed by atoms with Crippen LogP contribution in [-0.2, 0) is 0 Å². The van der Waals surface area contributed by atoms with E-state index < -0.39 is 0 Å². The first-order chi connectivity index (χ1) is 25.6. The van der Waals surface area contributed by atoms with Gasteiger partial charge in [-0.2, -0.15) is 0 Å². The van der Waals surface area contributed by atoms with Crippen LogP contribution in [0.4, 0.5) is 11.4 Å². The normalized spacial score (nSPS) is 22.2. The molecule has 4 aliphatic carbocycles. The van der Waals surface area contributed by atoms with Gasteiger partial charge in [0.25, 0.3) is 0 Å². The molecule has 0 amide bonds. The molecular weight excluding hydrogens is 629 g/mol. The third-order valence-corrected chi connectivity index (χ3v) is 11.5. The van der Waals surface area contributed by atoms with Crippen LogP contribution in [0.1, 0.15) is 39.5 Å². The van der Waals surface area contributed by atoms with Crippen molar-refractivity contribution in [3.05, 3.63) is 185 Å². The van der Waals surface area contributed by atoms with Crippen molar-refractivity contribution in [2.45, 2.75) is 45.6 Å². The quantitative estimate of drug-likeness (QED) is 0.167. The predicted molar refractivity (Wildman–Crippen MR) is 221 cm³/mol. The number of fused-ring (bicyclic) bond motifs is 3. The van der Waals surface area contributed by atoms with Gasteiger partial charge in [0, 0.05) is 33.6 Å². The lowest BCUT2D eigenvalue weighted by Crippen LogP contribution is -2.31. The van der Waals surface area contributed by atoms with E-state index in [1.807, 2.05) is 0 Å². The first-order valence-corrected chi connectivity index (χ1v) is 19.1. The Bertz CT molecular complexity index is 2430. The van der Waals surface area contributed by atoms with Crippen LogP contribution < -0.4 is 15.5 Å². The molecule has 0 saturated carbocycles. The maximum absolute atomic E-state index is 2.54. The van der Waals surface area contributed by atoms with Crippen molar-refractivity contribution in [2.75, 3.05) is 4.90 Å². The van der Waals surface area contributed by atoms with Gasteiger partial charge in [-0.1, -0.05) is 153 Å². The lowest BCUT2D eigenvalue weighted by molar-refractivity contribution is 0.605. The summed E-state index contributed by atoms with van der Waals surface area (Å²) in [6.07, 6.45) is 30.3. The van der Waals surface area contributed by atoms with E-state index in [-0.39, 0.29) is 6.04 Å². The Labute approximate surface area is 308 Å². The highest BCUT2D eigenvalue weighted by Crippen LogP contribution is 2.39. The third-order valence-electron chi connectivity index (χ3n) is 11.5. The number of hydrogen-bond donors (Lipinski definition) is 0. The number of nitrogens with zero attached hydrogens (tertiary/aromatic N) is 2. The Morgan fingerprint density at radius 2 is 1.48 bits per heavy atom. The summed E-state index contributed by atoms with van der Waals surface area (Å²) in [5.74, 6) is 1.55. The average molecular weight is 675 g/mol. The molecule has 0 fully saturated rings. The van der Waals surface area contributed by atoms with E-state index in [1.54, 1.807) is 5.57 Å². The summed E-state index contributed by atoms with van der Waals surface area (Å²) in [5, 5.41) is 3.97. The molecule has 4 aromatic carbocycles. The van der Waals surface area contributed by atoms with E-state index in [0.717, 1.165) is 25.7 Å². The molecule has 2 unspecified atom stereocenters. The minimum absolute atomic E-state index is 0.203. The van der Waals surface area contributed by atoms with Crippen molar-refractivity contribution < 1.29 is 0 Å². The number of benzene rings is 4. The second-order valence-electron chi connectivity index (χ2n) is 15.0. The molecule has 9 rings (SSSR count). The third kappa shape index (κ3) is 6.07. The molecule has 2 nitrogen and oxygen atoms in total. The molecule has 256 valence electrons. The van der Waals surface area contributed by atoms with Crippen LogP contribution in [-0.4, -0.2) is 10.6 Å². The van der Waals surface area contributed by atoms with Gasteiger partial charge in [-0.15, -0.1) is 0 Å². The second-order valence-corrected chi connectivity index (χ2v) is 15.0. The van der Waals surface area contributed by atoms with Gasteiger partial charge in [0.1, 0.15) is 0 Å². The van der Waals surface area contributed by atoms with Crippen molar-refractivity contribution in [1.29, 1.82) is 0 Å². The molecule has 5 aromatic rings. The van der Waals surface area contributed by atoms with Crippen molar-refractivity contribution in [1.82, 2.24) is 4.57 Å². The highest BCUT2D eigenvalue weighted by atomic mass is 15.2. The Morgan fingerprint density at radius 1 is 0.692 bits per heavy atom. The molecule has 2 heteroatoms. The Kier molecular flexibility index (Phi) is 8.60. The minimum atomic E-state index is 0.203. The zero-order valence-electron chi connectivity index (χ0n) is 30.2. The molecule has 4 aliphatic rings. The van der Waals surface area contributed by atoms with Gasteiger partial charge in [0.2, 0.25) is 0 Å². The first kappa shape index (κ1) is 32.3. The second kappa shape index (κ2) is 13.8. The zero-order chi connectivity index (χ0) is 35.0. The van der Waals surface area contributed by atoms with E-state index in [1.165, 1.54) is 60.8 Å². The number of anilines is 2. The summed E-state index contributed by atoms with van der Waals surface area (Å²) in [6.45, 7) is 4.72. The number of hydrogen-bond acceptors (Lipinski definition) is 1. The standard InChI is InChI=1S/C50H46N2/c1-35-18-29-47-48-31-28-45(34-50(48)52(49(47)32-35)44-24-19-39(20-25-44)37-12-6-3-7-13-37)51(42-16-10-5-11-17-42)43-26-21-40(22-27-43)46-30-23-41(33-36(46)2)38-14-8-4-9-15-38/h3-14,16-17,19-26,28-32,34-36,38,43H,15,18,27,33H2,1-2H3/t35?,36-,38+,43?/m1/s1. The Balaban J connectivity index is 1.09. The van der Waals surface area contributed by atoms with Crippen molar-refractivity contribution in [3.63, 3.8) is 0 Å². The van der Waals surface area contributed by atoms with Crippen molar-refractivity contribution in [2.24, 2.45) is 17.8 Å². The number of aromatic nitrogens is 1. The first-order valence-electron chi connectivity index (χ1n) is 19.1. The number of allylic oxidation sites excluding steroid dienone is 10. The van der Waals surface area contributed by atoms with Gasteiger partial charge < -0.3 is 9.47 Å². The van der Waals surface area contributed by atoms with Crippen LogP contribution in [0.25, 0.3) is 39.9 Å². The smallest absolute Gasteiger partial charge is 0.0561 e. The monoisotopic (exact) mass is 674 g/mol. The molecule has 0 saturated heterocycles. The van der Waals surface area contributed by atoms with Crippen LogP contribution >= 0.6 is 0 Å². The maximum Gasteiger partial charge on any atom is 0.0561 e. The molecule has 1 heterocycles. The molecule has 0 radical (unpaired) electrons. The van der Waals surface area contributed by atoms with Crippen molar-refractivity contribution in [3.8, 4) is 16.8 Å². The Morgan fingerprint density at radius 3 is 2.21 bits per heavy atom. The predicted octanol–water partition coefficient (Wildman–Crippen LogP) is 11.3. The van der Waals surface area contributed by atoms with Crippen LogP contribution in [0.5, 0.6) is 0 Å². The van der Waals surface area contributed by atoms with Crippen molar-refractivity contribution >= 4 is 34.4 Å². The maximum atomic E-state index is 2.54. The minimum Gasteiger partial charge on any atom is -0.334 e. The van der Waals surface area contributed by atoms with Gasteiger partial charge >= 0.3 is 0 Å². The fourth-order valence-corrected chi connectivity index (χ4v) is 8.74. The summed E-state index contributed by atoms with van der Waals surface area (Å²) in [6, 6.07) is 38.0. The zero-order valence-corrected chi connectivity index (χ0v) is 30.2. The summed E-state index contributed by atoms with van der Waals surface area (Å²) in [5.41, 5.74) is 11.7. The summed E-state index contributed by atoms with van der Waals surface area (Å²) in [7, 11) is 0. The van der Waals surface area contributed by atoms with Gasteiger partial charge in [0.05, 0.1) is 16.9 Å². The molecule has 0 aliphatic heterocycles. The van der Waals surface area contributed by atoms with E-state index in [0.29, 0.717) is 17.8 Å². The van der Waals surface area contributed by atoms with E-state index >= 15 is 0 Å². The van der Waals surface area contributed by atoms with Crippen LogP contribution in [0.2, 0.25) is 0 Å². The van der Waals surface area contributed by atoms with E-state index in [2.05, 4.69) is 193 Å². The number of para-hydroxylation sites is 1. The SMILES string of the molecule is CC1C=c2c(c3ccc(N(c4ccccc4)C4C=CC(C5=CC=C([C@H]6C=CC=CC6)C[C@H]5C)=CC4)cc3n2-c2ccc(-c3ccccc3)cc2)=CC1. The van der Waals surface area contributed by atoms with E-state index in [4.69, 9.17) is 0 Å². The van der Waals surface area contributed by atoms with Gasteiger partial charge in [-0.3, -0.25) is 0 Å². The topological polar surface area (TPSA) is 8.17 Å². The molecule has 0 N–H and O–H groups in total. The average Bonchev–Trinajstić information content (AvgIpc) is 3.52. The van der Waals surface area contributed by atoms with Gasteiger partial charge in [-0.05, 0) is 96.2 Å². The highest BCUT2D eigenvalue weighted by molar-refractivity contribution is 5.89. The van der Waals surface area contributed by atoms with Gasteiger partial charge in [-0.25, -0.2) is 0 Å². The van der Waals surface area contributed by atoms with Crippen LogP contribution in [0, 0.1) is 17.8 Å². The largest absolute Gasteiger partial charge is 0.334 e. The number of rotatable bonds is 7. The molecule has 0 bridgehead atoms.